The number of ether oxygens (including phenoxy) is 1. The average Bonchev–Trinajstić information content (AvgIpc) is 3.31. The van der Waals surface area contributed by atoms with Crippen molar-refractivity contribution in [3.63, 3.8) is 0 Å². The normalized spacial score (nSPS) is 16.6. The Balaban J connectivity index is 1.27. The van der Waals surface area contributed by atoms with Gasteiger partial charge in [0.25, 0.3) is 0 Å². The average molecular weight is 574 g/mol. The van der Waals surface area contributed by atoms with E-state index < -0.39 is 0 Å². The number of aromatic nitrogens is 1. The van der Waals surface area contributed by atoms with E-state index in [0.29, 0.717) is 32.8 Å². The number of fused-ring (bicyclic) bond motifs is 2. The summed E-state index contributed by atoms with van der Waals surface area (Å²) in [4.78, 5) is 32.0. The Kier molecular flexibility index (Phi) is 9.56. The van der Waals surface area contributed by atoms with Gasteiger partial charge < -0.3 is 10.1 Å². The lowest BCUT2D eigenvalue weighted by atomic mass is 9.83. The molecular formula is C32H35N3O3S2. The van der Waals surface area contributed by atoms with Gasteiger partial charge in [-0.2, -0.15) is 5.26 Å². The smallest absolute Gasteiger partial charge is 0.341 e. The molecule has 0 saturated heterocycles. The van der Waals surface area contributed by atoms with Gasteiger partial charge in [-0.3, -0.25) is 4.79 Å². The highest BCUT2D eigenvalue weighted by molar-refractivity contribution is 7.99. The summed E-state index contributed by atoms with van der Waals surface area (Å²) in [5.41, 5.74) is 5.73. The lowest BCUT2D eigenvalue weighted by Crippen LogP contribution is -2.17. The van der Waals surface area contributed by atoms with E-state index in [4.69, 9.17) is 9.72 Å². The molecule has 5 rings (SSSR count). The number of nitrogens with one attached hydrogen (secondary N) is 1. The first-order valence-electron chi connectivity index (χ1n) is 14.3. The van der Waals surface area contributed by atoms with E-state index in [-0.39, 0.29) is 24.9 Å². The molecule has 40 heavy (non-hydrogen) atoms. The number of carbonyl (C=O) groups excluding carboxylic acids is 2. The molecule has 0 spiro atoms. The Bertz CT molecular complexity index is 1410. The summed E-state index contributed by atoms with van der Waals surface area (Å²) in [5.74, 6) is 0.379. The van der Waals surface area contributed by atoms with Crippen molar-refractivity contribution in [2.24, 2.45) is 0 Å². The Morgan fingerprint density at radius 1 is 1.15 bits per heavy atom. The van der Waals surface area contributed by atoms with Crippen LogP contribution in [0.15, 0.2) is 41.4 Å². The number of nitriles is 1. The van der Waals surface area contributed by atoms with Gasteiger partial charge >= 0.3 is 5.97 Å². The van der Waals surface area contributed by atoms with Gasteiger partial charge in [-0.1, -0.05) is 43.2 Å². The van der Waals surface area contributed by atoms with Crippen LogP contribution in [0.1, 0.15) is 94.5 Å². The van der Waals surface area contributed by atoms with Gasteiger partial charge in [0.2, 0.25) is 5.91 Å². The minimum absolute atomic E-state index is 0.152. The molecule has 8 heteroatoms. The number of rotatable bonds is 8. The Morgan fingerprint density at radius 3 is 2.73 bits per heavy atom. The lowest BCUT2D eigenvalue weighted by molar-refractivity contribution is -0.115. The first-order chi connectivity index (χ1) is 19.6. The molecular weight excluding hydrogens is 539 g/mol. The Labute approximate surface area is 244 Å². The molecule has 0 aliphatic heterocycles. The van der Waals surface area contributed by atoms with Crippen molar-refractivity contribution in [2.45, 2.75) is 82.1 Å². The van der Waals surface area contributed by atoms with Crippen LogP contribution in [-0.4, -0.2) is 29.2 Å². The fraction of sp³-hybridized carbons (Fsp3) is 0.438. The number of anilines is 1. The van der Waals surface area contributed by atoms with Gasteiger partial charge in [-0.05, 0) is 80.5 Å². The molecule has 2 heterocycles. The van der Waals surface area contributed by atoms with E-state index >= 15 is 0 Å². The van der Waals surface area contributed by atoms with E-state index in [2.05, 4.69) is 35.7 Å². The fourth-order valence-electron chi connectivity index (χ4n) is 5.69. The zero-order valence-electron chi connectivity index (χ0n) is 23.0. The monoisotopic (exact) mass is 573 g/mol. The van der Waals surface area contributed by atoms with Crippen LogP contribution < -0.4 is 5.32 Å². The number of pyridine rings is 1. The molecule has 0 fully saturated rings. The highest BCUT2D eigenvalue weighted by atomic mass is 32.2. The van der Waals surface area contributed by atoms with Crippen LogP contribution in [0.3, 0.4) is 0 Å². The summed E-state index contributed by atoms with van der Waals surface area (Å²) < 4.78 is 5.39. The van der Waals surface area contributed by atoms with Crippen molar-refractivity contribution < 1.29 is 14.3 Å². The molecule has 2 aromatic heterocycles. The fourth-order valence-corrected chi connectivity index (χ4v) is 7.94. The maximum atomic E-state index is 13.0. The molecule has 0 bridgehead atoms. The van der Waals surface area contributed by atoms with Crippen LogP contribution in [0.2, 0.25) is 0 Å². The molecule has 208 valence electrons. The first kappa shape index (κ1) is 28.4. The molecule has 1 amide bonds. The van der Waals surface area contributed by atoms with Crippen molar-refractivity contribution in [3.05, 3.63) is 74.8 Å². The zero-order valence-corrected chi connectivity index (χ0v) is 24.6. The third-order valence-electron chi connectivity index (χ3n) is 7.72. The topological polar surface area (TPSA) is 92.1 Å². The van der Waals surface area contributed by atoms with Crippen molar-refractivity contribution in [1.82, 2.24) is 4.98 Å². The number of amides is 1. The van der Waals surface area contributed by atoms with Crippen LogP contribution in [0.25, 0.3) is 0 Å². The highest BCUT2D eigenvalue weighted by Gasteiger charge is 2.31. The number of aryl methyl sites for hydroxylation is 2. The Morgan fingerprint density at radius 2 is 1.95 bits per heavy atom. The van der Waals surface area contributed by atoms with E-state index in [1.54, 1.807) is 6.92 Å². The lowest BCUT2D eigenvalue weighted by Gasteiger charge is -2.23. The number of nitrogens with zero attached hydrogens (tertiary/aromatic N) is 2. The second-order valence-corrected chi connectivity index (χ2v) is 12.6. The van der Waals surface area contributed by atoms with E-state index in [9.17, 15) is 14.9 Å². The number of esters is 1. The van der Waals surface area contributed by atoms with Crippen molar-refractivity contribution in [1.29, 1.82) is 5.26 Å². The maximum Gasteiger partial charge on any atom is 0.341 e. The summed E-state index contributed by atoms with van der Waals surface area (Å²) in [7, 11) is 0. The molecule has 0 radical (unpaired) electrons. The van der Waals surface area contributed by atoms with Gasteiger partial charge in [0.05, 0.1) is 17.7 Å². The van der Waals surface area contributed by atoms with Crippen LogP contribution in [-0.2, 0) is 35.2 Å². The molecule has 1 aromatic carbocycles. The number of thioether (sulfide) groups is 1. The standard InChI is InChI=1S/C32H35N3O3S2/c1-2-38-32(37)29-25-15-14-22(21-10-7-5-8-11-21)19-27(25)40-31(29)35-28(36)16-17-39-30-24(20-33)18-23-12-6-3-4-9-13-26(23)34-30/h5,7-8,10-11,18,22H,2-4,6,9,12-17,19H2,1H3,(H,35,36). The van der Waals surface area contributed by atoms with Crippen molar-refractivity contribution in [3.8, 4) is 6.07 Å². The third-order valence-corrected chi connectivity index (χ3v) is 9.89. The van der Waals surface area contributed by atoms with Crippen LogP contribution >= 0.6 is 23.1 Å². The molecule has 6 nitrogen and oxygen atoms in total. The number of benzene rings is 1. The highest BCUT2D eigenvalue weighted by Crippen LogP contribution is 2.43. The number of hydrogen-bond donors (Lipinski definition) is 1. The van der Waals surface area contributed by atoms with E-state index in [0.717, 1.165) is 61.1 Å². The largest absolute Gasteiger partial charge is 0.462 e. The first-order valence-corrected chi connectivity index (χ1v) is 16.1. The molecule has 3 aromatic rings. The van der Waals surface area contributed by atoms with Gasteiger partial charge in [-0.25, -0.2) is 9.78 Å². The summed E-state index contributed by atoms with van der Waals surface area (Å²) in [6, 6.07) is 14.8. The molecule has 0 saturated carbocycles. The predicted octanol–water partition coefficient (Wildman–Crippen LogP) is 7.24. The van der Waals surface area contributed by atoms with E-state index in [1.807, 2.05) is 12.1 Å². The Hall–Kier alpha value is -3.15. The minimum Gasteiger partial charge on any atom is -0.462 e. The summed E-state index contributed by atoms with van der Waals surface area (Å²) in [6.45, 7) is 2.08. The molecule has 1 atom stereocenters. The van der Waals surface area contributed by atoms with Crippen molar-refractivity contribution >= 4 is 40.0 Å². The van der Waals surface area contributed by atoms with Crippen molar-refractivity contribution in [2.75, 3.05) is 17.7 Å². The van der Waals surface area contributed by atoms with Gasteiger partial charge in [0.1, 0.15) is 16.1 Å². The number of carbonyl (C=O) groups is 2. The van der Waals surface area contributed by atoms with Gasteiger partial charge in [-0.15, -0.1) is 23.1 Å². The molecule has 2 aliphatic rings. The second kappa shape index (κ2) is 13.5. The van der Waals surface area contributed by atoms with Crippen LogP contribution in [0.4, 0.5) is 5.00 Å². The van der Waals surface area contributed by atoms with Gasteiger partial charge in [0, 0.05) is 22.7 Å². The molecule has 1 unspecified atom stereocenters. The quantitative estimate of drug-likeness (QED) is 0.226. The number of hydrogen-bond acceptors (Lipinski definition) is 7. The maximum absolute atomic E-state index is 13.0. The predicted molar refractivity (Wildman–Crippen MR) is 160 cm³/mol. The molecule has 2 aliphatic carbocycles. The number of thiophene rings is 1. The SMILES string of the molecule is CCOC(=O)c1c(NC(=O)CCSc2nc3c(cc2C#N)CCCCCC3)sc2c1CCC(c1ccccc1)C2. The van der Waals surface area contributed by atoms with Gasteiger partial charge in [0.15, 0.2) is 0 Å². The van der Waals surface area contributed by atoms with Crippen LogP contribution in [0.5, 0.6) is 0 Å². The van der Waals surface area contributed by atoms with Crippen LogP contribution in [0, 0.1) is 11.3 Å². The molecule has 1 N–H and O–H groups in total. The summed E-state index contributed by atoms with van der Waals surface area (Å²) in [6.07, 6.45) is 9.48. The summed E-state index contributed by atoms with van der Waals surface area (Å²) >= 11 is 2.96. The zero-order chi connectivity index (χ0) is 27.9. The van der Waals surface area contributed by atoms with E-state index in [1.165, 1.54) is 47.1 Å². The summed E-state index contributed by atoms with van der Waals surface area (Å²) in [5, 5.41) is 14.0. The third kappa shape index (κ3) is 6.59. The second-order valence-electron chi connectivity index (χ2n) is 10.4. The minimum atomic E-state index is -0.369.